The molecule has 0 fully saturated rings. The van der Waals surface area contributed by atoms with Crippen LogP contribution < -0.4 is 10.1 Å². The van der Waals surface area contributed by atoms with Crippen LogP contribution in [0.15, 0.2) is 42.9 Å². The van der Waals surface area contributed by atoms with Crippen LogP contribution in [0.4, 0.5) is 5.69 Å². The van der Waals surface area contributed by atoms with Crippen LogP contribution in [0.2, 0.25) is 0 Å². The lowest BCUT2D eigenvalue weighted by molar-refractivity contribution is 0.102. The van der Waals surface area contributed by atoms with E-state index in [1.165, 1.54) is 31.8 Å². The number of phenolic OH excluding ortho intramolecular Hbond substituents is 1. The SMILES string of the molecule is COc1ccc(NC(=O)c2cnc3nccnc3c2)cc1O. The van der Waals surface area contributed by atoms with Crippen molar-refractivity contribution in [3.63, 3.8) is 0 Å². The molecule has 0 unspecified atom stereocenters. The summed E-state index contributed by atoms with van der Waals surface area (Å²) in [5.41, 5.74) is 1.81. The van der Waals surface area contributed by atoms with Gasteiger partial charge in [-0.2, -0.15) is 0 Å². The van der Waals surface area contributed by atoms with Crippen LogP contribution in [-0.4, -0.2) is 33.1 Å². The molecule has 2 N–H and O–H groups in total. The number of carbonyl (C=O) groups excluding carboxylic acids is 1. The highest BCUT2D eigenvalue weighted by Gasteiger charge is 2.10. The smallest absolute Gasteiger partial charge is 0.257 e. The molecule has 0 bridgehead atoms. The summed E-state index contributed by atoms with van der Waals surface area (Å²) in [6, 6.07) is 6.21. The first kappa shape index (κ1) is 13.7. The second kappa shape index (κ2) is 5.65. The molecule has 1 amide bonds. The average molecular weight is 296 g/mol. The molecule has 22 heavy (non-hydrogen) atoms. The van der Waals surface area contributed by atoms with Crippen molar-refractivity contribution >= 4 is 22.8 Å². The minimum Gasteiger partial charge on any atom is -0.504 e. The number of nitrogens with zero attached hydrogens (tertiary/aromatic N) is 3. The average Bonchev–Trinajstić information content (AvgIpc) is 2.54. The summed E-state index contributed by atoms with van der Waals surface area (Å²) in [4.78, 5) is 24.4. The summed E-state index contributed by atoms with van der Waals surface area (Å²) < 4.78 is 4.95. The van der Waals surface area contributed by atoms with E-state index >= 15 is 0 Å². The van der Waals surface area contributed by atoms with Crippen molar-refractivity contribution in [3.05, 3.63) is 48.4 Å². The van der Waals surface area contributed by atoms with E-state index in [1.54, 1.807) is 18.2 Å². The standard InChI is InChI=1S/C15H12N4O3/c1-22-13-3-2-10(7-12(13)20)19-15(21)9-6-11-14(18-8-9)17-5-4-16-11/h2-8,20H,1H3,(H,19,21). The Bertz CT molecular complexity index is 851. The molecule has 0 spiro atoms. The molecule has 2 aromatic heterocycles. The number of carbonyl (C=O) groups is 1. The normalized spacial score (nSPS) is 10.4. The molecule has 7 nitrogen and oxygen atoms in total. The minimum atomic E-state index is -0.357. The zero-order valence-corrected chi connectivity index (χ0v) is 11.6. The molecule has 0 aliphatic carbocycles. The van der Waals surface area contributed by atoms with E-state index in [-0.39, 0.29) is 11.7 Å². The highest BCUT2D eigenvalue weighted by atomic mass is 16.5. The molecule has 110 valence electrons. The number of rotatable bonds is 3. The van der Waals surface area contributed by atoms with Gasteiger partial charge in [-0.1, -0.05) is 0 Å². The fourth-order valence-corrected chi connectivity index (χ4v) is 1.95. The zero-order valence-electron chi connectivity index (χ0n) is 11.6. The molecule has 0 radical (unpaired) electrons. The largest absolute Gasteiger partial charge is 0.504 e. The van der Waals surface area contributed by atoms with Crippen molar-refractivity contribution in [3.8, 4) is 11.5 Å². The second-order valence-corrected chi connectivity index (χ2v) is 4.46. The Kier molecular flexibility index (Phi) is 3.53. The number of nitrogens with one attached hydrogen (secondary N) is 1. The molecule has 0 saturated carbocycles. The summed E-state index contributed by atoms with van der Waals surface area (Å²) in [5.74, 6) is -0.0759. The molecular weight excluding hydrogens is 284 g/mol. The third-order valence-corrected chi connectivity index (χ3v) is 3.02. The first-order valence-electron chi connectivity index (χ1n) is 6.42. The third-order valence-electron chi connectivity index (χ3n) is 3.02. The van der Waals surface area contributed by atoms with E-state index in [2.05, 4.69) is 20.3 Å². The summed E-state index contributed by atoms with van der Waals surface area (Å²) >= 11 is 0. The van der Waals surface area contributed by atoms with Gasteiger partial charge in [-0.25, -0.2) is 9.97 Å². The summed E-state index contributed by atoms with van der Waals surface area (Å²) in [6.45, 7) is 0. The monoisotopic (exact) mass is 296 g/mol. The topological polar surface area (TPSA) is 97.2 Å². The minimum absolute atomic E-state index is 0.0530. The van der Waals surface area contributed by atoms with Crippen LogP contribution in [0.1, 0.15) is 10.4 Å². The van der Waals surface area contributed by atoms with Crippen LogP contribution in [0.5, 0.6) is 11.5 Å². The number of benzene rings is 1. The molecule has 0 aliphatic heterocycles. The second-order valence-electron chi connectivity index (χ2n) is 4.46. The maximum Gasteiger partial charge on any atom is 0.257 e. The number of anilines is 1. The van der Waals surface area contributed by atoms with Crippen LogP contribution in [-0.2, 0) is 0 Å². The maximum atomic E-state index is 12.2. The Morgan fingerprint density at radius 3 is 2.77 bits per heavy atom. The number of phenols is 1. The number of hydrogen-bond donors (Lipinski definition) is 2. The number of amides is 1. The van der Waals surface area contributed by atoms with E-state index < -0.39 is 0 Å². The third kappa shape index (κ3) is 2.64. The van der Waals surface area contributed by atoms with Crippen LogP contribution in [0.3, 0.4) is 0 Å². The number of ether oxygens (including phenoxy) is 1. The number of fused-ring (bicyclic) bond motifs is 1. The Balaban J connectivity index is 1.85. The molecule has 0 saturated heterocycles. The quantitative estimate of drug-likeness (QED) is 0.767. The van der Waals surface area contributed by atoms with Gasteiger partial charge >= 0.3 is 0 Å². The lowest BCUT2D eigenvalue weighted by atomic mass is 10.2. The fraction of sp³-hybridized carbons (Fsp3) is 0.0667. The van der Waals surface area contributed by atoms with Gasteiger partial charge in [-0.15, -0.1) is 0 Å². The highest BCUT2D eigenvalue weighted by molar-refractivity contribution is 6.05. The van der Waals surface area contributed by atoms with Crippen molar-refractivity contribution in [1.82, 2.24) is 15.0 Å². The Labute approximate surface area is 125 Å². The van der Waals surface area contributed by atoms with Crippen molar-refractivity contribution in [2.24, 2.45) is 0 Å². The molecule has 0 atom stereocenters. The van der Waals surface area contributed by atoms with Crippen molar-refractivity contribution in [1.29, 1.82) is 0 Å². The molecule has 1 aromatic carbocycles. The van der Waals surface area contributed by atoms with E-state index in [1.807, 2.05) is 0 Å². The Hall–Kier alpha value is -3.22. The molecule has 0 aliphatic rings. The van der Waals surface area contributed by atoms with Gasteiger partial charge in [0.25, 0.3) is 5.91 Å². The first-order valence-corrected chi connectivity index (χ1v) is 6.42. The van der Waals surface area contributed by atoms with Crippen LogP contribution >= 0.6 is 0 Å². The van der Waals surface area contributed by atoms with Crippen molar-refractivity contribution in [2.75, 3.05) is 12.4 Å². The number of aromatic hydroxyl groups is 1. The number of pyridine rings is 1. The lowest BCUT2D eigenvalue weighted by Crippen LogP contribution is -2.12. The molecule has 2 heterocycles. The van der Waals surface area contributed by atoms with E-state index in [0.717, 1.165) is 0 Å². The van der Waals surface area contributed by atoms with Crippen molar-refractivity contribution in [2.45, 2.75) is 0 Å². The predicted octanol–water partition coefficient (Wildman–Crippen LogP) is 1.99. The van der Waals surface area contributed by atoms with Gasteiger partial charge in [0, 0.05) is 30.3 Å². The van der Waals surface area contributed by atoms with E-state index in [0.29, 0.717) is 28.2 Å². The van der Waals surface area contributed by atoms with Gasteiger partial charge in [0.2, 0.25) is 0 Å². The highest BCUT2D eigenvalue weighted by Crippen LogP contribution is 2.28. The molecule has 3 aromatic rings. The Morgan fingerprint density at radius 1 is 1.18 bits per heavy atom. The first-order chi connectivity index (χ1) is 10.7. The molecule has 3 rings (SSSR count). The fourth-order valence-electron chi connectivity index (χ4n) is 1.95. The lowest BCUT2D eigenvalue weighted by Gasteiger charge is -2.08. The molecular formula is C15H12N4O3. The summed E-state index contributed by atoms with van der Waals surface area (Å²) in [7, 11) is 1.45. The van der Waals surface area contributed by atoms with E-state index in [9.17, 15) is 9.90 Å². The number of hydrogen-bond acceptors (Lipinski definition) is 6. The summed E-state index contributed by atoms with van der Waals surface area (Å²) in [6.07, 6.45) is 4.50. The van der Waals surface area contributed by atoms with Gasteiger partial charge in [-0.05, 0) is 18.2 Å². The summed E-state index contributed by atoms with van der Waals surface area (Å²) in [5, 5.41) is 12.4. The number of methoxy groups -OCH3 is 1. The zero-order chi connectivity index (χ0) is 15.5. The molecule has 7 heteroatoms. The van der Waals surface area contributed by atoms with Crippen LogP contribution in [0, 0.1) is 0 Å². The van der Waals surface area contributed by atoms with Gasteiger partial charge in [0.1, 0.15) is 5.52 Å². The maximum absolute atomic E-state index is 12.2. The van der Waals surface area contributed by atoms with Crippen LogP contribution in [0.25, 0.3) is 11.2 Å². The van der Waals surface area contributed by atoms with Crippen molar-refractivity contribution < 1.29 is 14.6 Å². The Morgan fingerprint density at radius 2 is 2.00 bits per heavy atom. The van der Waals surface area contributed by atoms with E-state index in [4.69, 9.17) is 4.74 Å². The van der Waals surface area contributed by atoms with Gasteiger partial charge in [0.05, 0.1) is 12.7 Å². The number of aromatic nitrogens is 3. The predicted molar refractivity (Wildman–Crippen MR) is 79.9 cm³/mol. The van der Waals surface area contributed by atoms with Gasteiger partial charge in [0.15, 0.2) is 17.1 Å². The van der Waals surface area contributed by atoms with Gasteiger partial charge < -0.3 is 15.2 Å². The van der Waals surface area contributed by atoms with Gasteiger partial charge in [-0.3, -0.25) is 9.78 Å².